The first kappa shape index (κ1) is 12.0. The Kier molecular flexibility index (Phi) is 3.68. The van der Waals surface area contributed by atoms with Gasteiger partial charge >= 0.3 is 5.30 Å². The van der Waals surface area contributed by atoms with Gasteiger partial charge < -0.3 is 9.72 Å². The van der Waals surface area contributed by atoms with Crippen molar-refractivity contribution in [2.24, 2.45) is 0 Å². The quantitative estimate of drug-likeness (QED) is 0.668. The molecule has 0 saturated heterocycles. The number of thioether (sulfide) groups is 1. The molecule has 2 rings (SSSR count). The fourth-order valence-corrected chi connectivity index (χ4v) is 2.00. The van der Waals surface area contributed by atoms with Gasteiger partial charge in [0.2, 0.25) is 0 Å². The summed E-state index contributed by atoms with van der Waals surface area (Å²) in [5, 5.41) is 0.248. The number of aromatic nitrogens is 2. The van der Waals surface area contributed by atoms with Gasteiger partial charge in [-0.05, 0) is 25.5 Å². The zero-order valence-corrected chi connectivity index (χ0v) is 10.6. The topological polar surface area (TPSA) is 55.0 Å². The summed E-state index contributed by atoms with van der Waals surface area (Å²) in [4.78, 5) is 18.9. The molecule has 0 aliphatic rings. The normalized spacial score (nSPS) is 12.6. The van der Waals surface area contributed by atoms with Gasteiger partial charge in [0.05, 0.1) is 17.1 Å². The van der Waals surface area contributed by atoms with Crippen LogP contribution in [0.25, 0.3) is 11.0 Å². The van der Waals surface area contributed by atoms with E-state index in [9.17, 15) is 4.79 Å². The number of H-pyrrole nitrogens is 1. The summed E-state index contributed by atoms with van der Waals surface area (Å²) in [6.45, 7) is 3.85. The van der Waals surface area contributed by atoms with Crippen LogP contribution >= 0.6 is 11.8 Å². The number of aromatic amines is 1. The van der Waals surface area contributed by atoms with Crippen LogP contribution in [0.4, 0.5) is 4.79 Å². The van der Waals surface area contributed by atoms with Crippen molar-refractivity contribution in [3.05, 3.63) is 24.3 Å². The van der Waals surface area contributed by atoms with E-state index in [1.807, 2.05) is 38.1 Å². The van der Waals surface area contributed by atoms with Gasteiger partial charge in [-0.1, -0.05) is 19.1 Å². The predicted octanol–water partition coefficient (Wildman–Crippen LogP) is 3.59. The summed E-state index contributed by atoms with van der Waals surface area (Å²) in [6, 6.07) is 7.66. The maximum atomic E-state index is 11.5. The third-order valence-corrected chi connectivity index (χ3v) is 3.07. The Bertz CT molecular complexity index is 491. The molecule has 1 heterocycles. The van der Waals surface area contributed by atoms with Gasteiger partial charge in [0.25, 0.3) is 0 Å². The zero-order valence-electron chi connectivity index (χ0n) is 9.77. The SMILES string of the molecule is CC[C@@H](C)OC(=O)Sc1nc2ccccc2[nH]1. The van der Waals surface area contributed by atoms with Gasteiger partial charge in [-0.15, -0.1) is 0 Å². The maximum absolute atomic E-state index is 11.5. The van der Waals surface area contributed by atoms with Crippen molar-refractivity contribution in [2.75, 3.05) is 0 Å². The third kappa shape index (κ3) is 3.00. The van der Waals surface area contributed by atoms with Gasteiger partial charge in [0.15, 0.2) is 5.16 Å². The molecule has 90 valence electrons. The highest BCUT2D eigenvalue weighted by Gasteiger charge is 2.12. The Morgan fingerprint density at radius 2 is 2.29 bits per heavy atom. The Hall–Kier alpha value is -1.49. The summed E-state index contributed by atoms with van der Waals surface area (Å²) < 4.78 is 5.16. The number of rotatable bonds is 3. The second-order valence-electron chi connectivity index (χ2n) is 3.75. The van der Waals surface area contributed by atoms with E-state index >= 15 is 0 Å². The summed E-state index contributed by atoms with van der Waals surface area (Å²) in [7, 11) is 0. The molecule has 1 aromatic heterocycles. The number of para-hydroxylation sites is 2. The van der Waals surface area contributed by atoms with Gasteiger partial charge in [0, 0.05) is 11.8 Å². The highest BCUT2D eigenvalue weighted by molar-refractivity contribution is 8.13. The molecule has 0 amide bonds. The second kappa shape index (κ2) is 5.23. The zero-order chi connectivity index (χ0) is 12.3. The molecule has 0 aliphatic carbocycles. The molecule has 4 nitrogen and oxygen atoms in total. The van der Waals surface area contributed by atoms with Crippen LogP contribution in [0.2, 0.25) is 0 Å². The molecular weight excluding hydrogens is 236 g/mol. The number of nitrogens with zero attached hydrogens (tertiary/aromatic N) is 1. The van der Waals surface area contributed by atoms with Crippen molar-refractivity contribution >= 4 is 28.1 Å². The number of benzene rings is 1. The lowest BCUT2D eigenvalue weighted by Gasteiger charge is -2.08. The molecule has 0 radical (unpaired) electrons. The molecule has 1 atom stereocenters. The van der Waals surface area contributed by atoms with Crippen molar-refractivity contribution in [2.45, 2.75) is 31.5 Å². The van der Waals surface area contributed by atoms with E-state index in [1.165, 1.54) is 0 Å². The van der Waals surface area contributed by atoms with Crippen molar-refractivity contribution in [3.8, 4) is 0 Å². The number of carbonyl (C=O) groups is 1. The Morgan fingerprint density at radius 3 is 3.00 bits per heavy atom. The smallest absolute Gasteiger partial charge is 0.375 e. The van der Waals surface area contributed by atoms with Crippen molar-refractivity contribution in [3.63, 3.8) is 0 Å². The van der Waals surface area contributed by atoms with Crippen LogP contribution < -0.4 is 0 Å². The fourth-order valence-electron chi connectivity index (χ4n) is 1.33. The van der Waals surface area contributed by atoms with Crippen LogP contribution in [0.5, 0.6) is 0 Å². The molecule has 0 spiro atoms. The molecule has 17 heavy (non-hydrogen) atoms. The average molecular weight is 250 g/mol. The molecular formula is C12H14N2O2S. The predicted molar refractivity (Wildman–Crippen MR) is 68.2 cm³/mol. The van der Waals surface area contributed by atoms with Crippen LogP contribution in [0, 0.1) is 0 Å². The first-order valence-corrected chi connectivity index (χ1v) is 6.34. The molecule has 1 aromatic carbocycles. The van der Waals surface area contributed by atoms with Crippen LogP contribution in [-0.2, 0) is 4.74 Å². The number of fused-ring (bicyclic) bond motifs is 1. The van der Waals surface area contributed by atoms with Gasteiger partial charge in [-0.3, -0.25) is 0 Å². The van der Waals surface area contributed by atoms with Gasteiger partial charge in [0.1, 0.15) is 0 Å². The molecule has 0 aliphatic heterocycles. The van der Waals surface area contributed by atoms with Crippen molar-refractivity contribution < 1.29 is 9.53 Å². The Morgan fingerprint density at radius 1 is 1.53 bits per heavy atom. The highest BCUT2D eigenvalue weighted by atomic mass is 32.2. The molecule has 0 fully saturated rings. The summed E-state index contributed by atoms with van der Waals surface area (Å²) in [5.74, 6) is 0. The van der Waals surface area contributed by atoms with Crippen LogP contribution in [0.1, 0.15) is 20.3 Å². The lowest BCUT2D eigenvalue weighted by molar-refractivity contribution is 0.130. The number of hydrogen-bond acceptors (Lipinski definition) is 4. The minimum Gasteiger partial charge on any atom is -0.454 e. The van der Waals surface area contributed by atoms with Crippen molar-refractivity contribution in [1.29, 1.82) is 0 Å². The van der Waals surface area contributed by atoms with E-state index in [0.717, 1.165) is 29.2 Å². The summed E-state index contributed by atoms with van der Waals surface area (Å²) >= 11 is 0.985. The Labute approximate surface area is 104 Å². The van der Waals surface area contributed by atoms with Crippen molar-refractivity contribution in [1.82, 2.24) is 9.97 Å². The van der Waals surface area contributed by atoms with Gasteiger partial charge in [-0.2, -0.15) is 0 Å². The minimum absolute atomic E-state index is 0.0561. The van der Waals surface area contributed by atoms with E-state index in [0.29, 0.717) is 5.16 Å². The molecule has 1 N–H and O–H groups in total. The molecule has 0 bridgehead atoms. The number of ether oxygens (including phenoxy) is 1. The molecule has 2 aromatic rings. The van der Waals surface area contributed by atoms with Crippen LogP contribution in [0.3, 0.4) is 0 Å². The van der Waals surface area contributed by atoms with Crippen LogP contribution in [-0.4, -0.2) is 21.4 Å². The molecule has 5 heteroatoms. The maximum Gasteiger partial charge on any atom is 0.375 e. The molecule has 0 saturated carbocycles. The van der Waals surface area contributed by atoms with Gasteiger partial charge in [-0.25, -0.2) is 9.78 Å². The second-order valence-corrected chi connectivity index (χ2v) is 4.67. The standard InChI is InChI=1S/C12H14N2O2S/c1-3-8(2)16-12(15)17-11-13-9-6-4-5-7-10(9)14-11/h4-8H,3H2,1-2H3,(H,13,14)/t8-/m1/s1. The first-order chi connectivity index (χ1) is 8.19. The number of imidazole rings is 1. The van der Waals surface area contributed by atoms with E-state index in [1.54, 1.807) is 0 Å². The van der Waals surface area contributed by atoms with E-state index in [4.69, 9.17) is 4.74 Å². The number of carbonyl (C=O) groups excluding carboxylic acids is 1. The Balaban J connectivity index is 2.05. The van der Waals surface area contributed by atoms with E-state index in [-0.39, 0.29) is 11.4 Å². The average Bonchev–Trinajstić information content (AvgIpc) is 2.70. The number of nitrogens with one attached hydrogen (secondary N) is 1. The highest BCUT2D eigenvalue weighted by Crippen LogP contribution is 2.21. The lowest BCUT2D eigenvalue weighted by atomic mass is 10.3. The lowest BCUT2D eigenvalue weighted by Crippen LogP contribution is -2.09. The summed E-state index contributed by atoms with van der Waals surface area (Å²) in [5.41, 5.74) is 1.78. The first-order valence-electron chi connectivity index (χ1n) is 5.52. The third-order valence-electron chi connectivity index (χ3n) is 2.42. The molecule has 0 unspecified atom stereocenters. The number of hydrogen-bond donors (Lipinski definition) is 1. The minimum atomic E-state index is -0.321. The monoisotopic (exact) mass is 250 g/mol. The largest absolute Gasteiger partial charge is 0.454 e. The van der Waals surface area contributed by atoms with Crippen LogP contribution in [0.15, 0.2) is 29.4 Å². The summed E-state index contributed by atoms with van der Waals surface area (Å²) in [6.07, 6.45) is 0.756. The van der Waals surface area contributed by atoms with E-state index in [2.05, 4.69) is 9.97 Å². The van der Waals surface area contributed by atoms with E-state index < -0.39 is 0 Å². The fraction of sp³-hybridized carbons (Fsp3) is 0.333.